The summed E-state index contributed by atoms with van der Waals surface area (Å²) in [6, 6.07) is 15.4. The molecule has 0 nitrogen and oxygen atoms in total. The smallest absolute Gasteiger partial charge is 0.135 e. The zero-order valence-corrected chi connectivity index (χ0v) is 9.47. The van der Waals surface area contributed by atoms with E-state index in [0.717, 1.165) is 7.28 Å². The second kappa shape index (κ2) is 3.39. The molecule has 0 fully saturated rings. The molecule has 0 atom stereocenters. The van der Waals surface area contributed by atoms with Crippen LogP contribution >= 0.6 is 11.3 Å². The van der Waals surface area contributed by atoms with Crippen molar-refractivity contribution >= 4 is 44.3 Å². The highest BCUT2D eigenvalue weighted by molar-refractivity contribution is 7.25. The highest BCUT2D eigenvalue weighted by Gasteiger charge is 2.03. The summed E-state index contributed by atoms with van der Waals surface area (Å²) >= 11 is 1.89. The zero-order chi connectivity index (χ0) is 10.3. The number of thiophene rings is 1. The number of hydrogen-bond acceptors (Lipinski definition) is 1. The van der Waals surface area contributed by atoms with Gasteiger partial charge in [0.05, 0.1) is 0 Å². The molecule has 15 heavy (non-hydrogen) atoms. The van der Waals surface area contributed by atoms with Gasteiger partial charge in [-0.25, -0.2) is 0 Å². The Bertz CT molecular complexity index is 625. The predicted molar refractivity (Wildman–Crippen MR) is 72.0 cm³/mol. The van der Waals surface area contributed by atoms with Gasteiger partial charge in [-0.3, -0.25) is 0 Å². The largest absolute Gasteiger partial charge is 0.154 e. The van der Waals surface area contributed by atoms with Crippen molar-refractivity contribution in [3.63, 3.8) is 0 Å². The summed E-state index contributed by atoms with van der Waals surface area (Å²) in [5, 5.41) is 2.79. The number of fused-ring (bicyclic) bond motifs is 3. The van der Waals surface area contributed by atoms with E-state index >= 15 is 0 Å². The standard InChI is InChI=1S/C13H11BS/c1-14-9-6-7-11-10-4-2-3-5-12(10)15-13(11)8-9/h2-8,14H,1H3. The van der Waals surface area contributed by atoms with Crippen molar-refractivity contribution in [1.29, 1.82) is 0 Å². The molecule has 0 bridgehead atoms. The van der Waals surface area contributed by atoms with Crippen LogP contribution in [-0.4, -0.2) is 7.28 Å². The van der Waals surface area contributed by atoms with Crippen LogP contribution in [0.4, 0.5) is 0 Å². The van der Waals surface area contributed by atoms with Crippen molar-refractivity contribution in [2.45, 2.75) is 6.82 Å². The Morgan fingerprint density at radius 2 is 1.73 bits per heavy atom. The molecule has 1 heterocycles. The predicted octanol–water partition coefficient (Wildman–Crippen LogP) is 3.16. The molecule has 0 amide bonds. The minimum atomic E-state index is 1.12. The molecule has 72 valence electrons. The SMILES string of the molecule is CBc1ccc2c(c1)sc1ccccc12. The van der Waals surface area contributed by atoms with E-state index < -0.39 is 0 Å². The van der Waals surface area contributed by atoms with Crippen molar-refractivity contribution in [2.75, 3.05) is 0 Å². The van der Waals surface area contributed by atoms with Crippen LogP contribution < -0.4 is 5.46 Å². The maximum atomic E-state index is 2.32. The molecule has 2 heteroatoms. The molecule has 0 saturated carbocycles. The zero-order valence-electron chi connectivity index (χ0n) is 8.66. The van der Waals surface area contributed by atoms with Gasteiger partial charge in [0.15, 0.2) is 7.28 Å². The highest BCUT2D eigenvalue weighted by Crippen LogP contribution is 2.32. The van der Waals surface area contributed by atoms with E-state index in [4.69, 9.17) is 0 Å². The van der Waals surface area contributed by atoms with Gasteiger partial charge in [-0.2, -0.15) is 0 Å². The Morgan fingerprint density at radius 3 is 2.60 bits per heavy atom. The first-order valence-corrected chi connectivity index (χ1v) is 6.10. The summed E-state index contributed by atoms with van der Waals surface area (Å²) in [6.07, 6.45) is 0. The van der Waals surface area contributed by atoms with Crippen LogP contribution in [-0.2, 0) is 0 Å². The first-order chi connectivity index (χ1) is 7.38. The van der Waals surface area contributed by atoms with Crippen LogP contribution in [0.5, 0.6) is 0 Å². The summed E-state index contributed by atoms with van der Waals surface area (Å²) < 4.78 is 2.80. The first-order valence-electron chi connectivity index (χ1n) is 5.28. The summed E-state index contributed by atoms with van der Waals surface area (Å²) in [6.45, 7) is 2.20. The number of hydrogen-bond donors (Lipinski definition) is 0. The molecule has 1 aromatic heterocycles. The fraction of sp³-hybridized carbons (Fsp3) is 0.0769. The third-order valence-corrected chi connectivity index (χ3v) is 3.99. The monoisotopic (exact) mass is 210 g/mol. The number of benzene rings is 2. The highest BCUT2D eigenvalue weighted by atomic mass is 32.1. The van der Waals surface area contributed by atoms with Gasteiger partial charge in [0.25, 0.3) is 0 Å². The molecule has 3 rings (SSSR count). The second-order valence-electron chi connectivity index (χ2n) is 3.78. The van der Waals surface area contributed by atoms with E-state index in [1.54, 1.807) is 0 Å². The van der Waals surface area contributed by atoms with E-state index in [9.17, 15) is 0 Å². The molecule has 0 aliphatic carbocycles. The van der Waals surface area contributed by atoms with Crippen LogP contribution in [0.3, 0.4) is 0 Å². The van der Waals surface area contributed by atoms with Crippen LogP contribution in [0, 0.1) is 0 Å². The lowest BCUT2D eigenvalue weighted by atomic mass is 9.73. The average molecular weight is 210 g/mol. The van der Waals surface area contributed by atoms with Gasteiger partial charge in [0.2, 0.25) is 0 Å². The maximum absolute atomic E-state index is 2.32. The van der Waals surface area contributed by atoms with E-state index in [0.29, 0.717) is 0 Å². The summed E-state index contributed by atoms with van der Waals surface area (Å²) in [7, 11) is 1.12. The minimum Gasteiger partial charge on any atom is -0.135 e. The molecule has 0 unspecified atom stereocenters. The van der Waals surface area contributed by atoms with Gasteiger partial charge in [0, 0.05) is 20.2 Å². The van der Waals surface area contributed by atoms with Crippen molar-refractivity contribution in [3.8, 4) is 0 Å². The normalized spacial score (nSPS) is 11.0. The summed E-state index contributed by atoms with van der Waals surface area (Å²) in [5.74, 6) is 0. The van der Waals surface area contributed by atoms with Gasteiger partial charge < -0.3 is 0 Å². The molecule has 0 aliphatic rings. The van der Waals surface area contributed by atoms with Crippen molar-refractivity contribution in [1.82, 2.24) is 0 Å². The van der Waals surface area contributed by atoms with Crippen LogP contribution in [0.1, 0.15) is 0 Å². The van der Waals surface area contributed by atoms with Gasteiger partial charge in [-0.05, 0) is 6.07 Å². The van der Waals surface area contributed by atoms with Crippen LogP contribution in [0.2, 0.25) is 6.82 Å². The Kier molecular flexibility index (Phi) is 2.03. The van der Waals surface area contributed by atoms with Gasteiger partial charge in [-0.15, -0.1) is 11.3 Å². The molecule has 0 spiro atoms. The molecular formula is C13H11BS. The van der Waals surface area contributed by atoms with Crippen LogP contribution in [0.15, 0.2) is 42.5 Å². The van der Waals surface area contributed by atoms with Crippen molar-refractivity contribution in [2.24, 2.45) is 0 Å². The van der Waals surface area contributed by atoms with E-state index in [1.165, 1.54) is 25.6 Å². The second-order valence-corrected chi connectivity index (χ2v) is 4.87. The first kappa shape index (κ1) is 8.99. The Hall–Kier alpha value is -1.28. The quantitative estimate of drug-likeness (QED) is 0.541. The Balaban J connectivity index is 2.43. The minimum absolute atomic E-state index is 1.12. The lowest BCUT2D eigenvalue weighted by Crippen LogP contribution is -2.08. The molecule has 0 aliphatic heterocycles. The molecular weight excluding hydrogens is 199 g/mol. The van der Waals surface area contributed by atoms with Gasteiger partial charge in [-0.1, -0.05) is 48.7 Å². The molecule has 0 saturated heterocycles. The number of rotatable bonds is 1. The fourth-order valence-electron chi connectivity index (χ4n) is 1.99. The topological polar surface area (TPSA) is 0 Å². The maximum Gasteiger partial charge on any atom is 0.154 e. The lowest BCUT2D eigenvalue weighted by molar-refractivity contribution is 1.86. The van der Waals surface area contributed by atoms with Crippen molar-refractivity contribution in [3.05, 3.63) is 42.5 Å². The Labute approximate surface area is 93.8 Å². The van der Waals surface area contributed by atoms with E-state index in [1.807, 2.05) is 11.3 Å². The third kappa shape index (κ3) is 1.37. The summed E-state index contributed by atoms with van der Waals surface area (Å²) in [4.78, 5) is 0. The van der Waals surface area contributed by atoms with E-state index in [2.05, 4.69) is 49.3 Å². The summed E-state index contributed by atoms with van der Waals surface area (Å²) in [5.41, 5.74) is 1.43. The molecule has 0 radical (unpaired) electrons. The third-order valence-electron chi connectivity index (χ3n) is 2.85. The van der Waals surface area contributed by atoms with Crippen molar-refractivity contribution < 1.29 is 0 Å². The molecule has 0 N–H and O–H groups in total. The fourth-order valence-corrected chi connectivity index (χ4v) is 3.16. The van der Waals surface area contributed by atoms with E-state index in [-0.39, 0.29) is 0 Å². The van der Waals surface area contributed by atoms with Crippen LogP contribution in [0.25, 0.3) is 20.2 Å². The Morgan fingerprint density at radius 1 is 0.933 bits per heavy atom. The molecule has 2 aromatic carbocycles. The lowest BCUT2D eigenvalue weighted by Gasteiger charge is -1.95. The molecule has 3 aromatic rings. The van der Waals surface area contributed by atoms with Gasteiger partial charge in [0.1, 0.15) is 0 Å². The van der Waals surface area contributed by atoms with Gasteiger partial charge >= 0.3 is 0 Å². The average Bonchev–Trinajstić information content (AvgIpc) is 2.66.